The number of methoxy groups -OCH3 is 2. The van der Waals surface area contributed by atoms with Gasteiger partial charge in [0.25, 0.3) is 0 Å². The molecule has 0 bridgehead atoms. The number of amides is 1. The Hall–Kier alpha value is -4.10. The van der Waals surface area contributed by atoms with Gasteiger partial charge < -0.3 is 25.0 Å². The molecule has 0 saturated carbocycles. The van der Waals surface area contributed by atoms with Crippen molar-refractivity contribution >= 4 is 5.91 Å². The fourth-order valence-corrected chi connectivity index (χ4v) is 3.65. The molecule has 3 aromatic carbocycles. The molecule has 0 unspecified atom stereocenters. The van der Waals surface area contributed by atoms with Gasteiger partial charge in [-0.25, -0.2) is 0 Å². The lowest BCUT2D eigenvalue weighted by molar-refractivity contribution is -0.120. The number of hydrogen-bond donors (Lipinski definition) is 2. The number of nitrogens with one attached hydrogen (secondary N) is 1. The van der Waals surface area contributed by atoms with E-state index in [1.165, 1.54) is 0 Å². The van der Waals surface area contributed by atoms with Crippen molar-refractivity contribution in [3.05, 3.63) is 89.7 Å². The van der Waals surface area contributed by atoms with Crippen LogP contribution in [0.25, 0.3) is 22.4 Å². The zero-order valence-corrected chi connectivity index (χ0v) is 19.2. The number of ether oxygens (including phenoxy) is 2. The summed E-state index contributed by atoms with van der Waals surface area (Å²) in [7, 11) is 3.24. The van der Waals surface area contributed by atoms with Crippen LogP contribution in [0.15, 0.2) is 77.3 Å². The molecule has 174 valence electrons. The van der Waals surface area contributed by atoms with Crippen molar-refractivity contribution in [1.29, 1.82) is 0 Å². The lowest BCUT2D eigenvalue weighted by atomic mass is 9.97. The van der Waals surface area contributed by atoms with E-state index in [2.05, 4.69) is 10.5 Å². The van der Waals surface area contributed by atoms with E-state index in [-0.39, 0.29) is 12.3 Å². The highest BCUT2D eigenvalue weighted by Crippen LogP contribution is 2.36. The quantitative estimate of drug-likeness (QED) is 0.388. The number of rotatable bonds is 9. The molecule has 34 heavy (non-hydrogen) atoms. The largest absolute Gasteiger partial charge is 0.497 e. The van der Waals surface area contributed by atoms with Crippen molar-refractivity contribution in [2.75, 3.05) is 14.2 Å². The predicted molar refractivity (Wildman–Crippen MR) is 130 cm³/mol. The Bertz CT molecular complexity index is 1230. The number of nitrogens with zero attached hydrogens (tertiary/aromatic N) is 1. The predicted octanol–water partition coefficient (Wildman–Crippen LogP) is 4.34. The molecule has 0 aliphatic heterocycles. The first-order valence-electron chi connectivity index (χ1n) is 10.9. The molecule has 4 rings (SSSR count). The first-order chi connectivity index (χ1) is 16.6. The Morgan fingerprint density at radius 2 is 1.41 bits per heavy atom. The second kappa shape index (κ2) is 10.7. The third kappa shape index (κ3) is 5.27. The SMILES string of the molecule is COc1ccc(-c2noc(CC(=O)NCc3ccc(CN)cc3)c2-c2ccc(OC)cc2)cc1. The van der Waals surface area contributed by atoms with Gasteiger partial charge in [0, 0.05) is 18.7 Å². The number of aromatic nitrogens is 1. The van der Waals surface area contributed by atoms with Gasteiger partial charge in [0.1, 0.15) is 17.2 Å². The van der Waals surface area contributed by atoms with E-state index >= 15 is 0 Å². The van der Waals surface area contributed by atoms with Crippen LogP contribution in [0.3, 0.4) is 0 Å². The first kappa shape index (κ1) is 23.1. The summed E-state index contributed by atoms with van der Waals surface area (Å²) >= 11 is 0. The molecule has 4 aromatic rings. The summed E-state index contributed by atoms with van der Waals surface area (Å²) < 4.78 is 16.2. The van der Waals surface area contributed by atoms with Crippen LogP contribution in [0.1, 0.15) is 16.9 Å². The average Bonchev–Trinajstić information content (AvgIpc) is 3.31. The molecule has 3 N–H and O–H groups in total. The number of carbonyl (C=O) groups is 1. The maximum atomic E-state index is 12.8. The van der Waals surface area contributed by atoms with Gasteiger partial charge in [0.2, 0.25) is 5.91 Å². The molecule has 0 saturated heterocycles. The van der Waals surface area contributed by atoms with E-state index in [4.69, 9.17) is 19.7 Å². The zero-order chi connectivity index (χ0) is 23.9. The maximum Gasteiger partial charge on any atom is 0.228 e. The van der Waals surface area contributed by atoms with Crippen molar-refractivity contribution in [1.82, 2.24) is 10.5 Å². The van der Waals surface area contributed by atoms with Gasteiger partial charge in [-0.2, -0.15) is 0 Å². The summed E-state index contributed by atoms with van der Waals surface area (Å²) in [4.78, 5) is 12.8. The molecule has 7 nitrogen and oxygen atoms in total. The van der Waals surface area contributed by atoms with Crippen molar-refractivity contribution in [2.24, 2.45) is 5.73 Å². The third-order valence-corrected chi connectivity index (χ3v) is 5.57. The number of nitrogens with two attached hydrogens (primary N) is 1. The van der Waals surface area contributed by atoms with Crippen LogP contribution >= 0.6 is 0 Å². The van der Waals surface area contributed by atoms with E-state index in [0.717, 1.165) is 39.3 Å². The van der Waals surface area contributed by atoms with Crippen molar-refractivity contribution in [2.45, 2.75) is 19.5 Å². The summed E-state index contributed by atoms with van der Waals surface area (Å²) in [5, 5.41) is 7.26. The van der Waals surface area contributed by atoms with Gasteiger partial charge in [-0.15, -0.1) is 0 Å². The molecule has 1 amide bonds. The van der Waals surface area contributed by atoms with E-state index in [0.29, 0.717) is 24.5 Å². The lowest BCUT2D eigenvalue weighted by Crippen LogP contribution is -2.24. The monoisotopic (exact) mass is 457 g/mol. The van der Waals surface area contributed by atoms with E-state index < -0.39 is 0 Å². The van der Waals surface area contributed by atoms with Gasteiger partial charge in [-0.05, 0) is 53.1 Å². The molecule has 1 heterocycles. The minimum Gasteiger partial charge on any atom is -0.497 e. The molecule has 0 aliphatic rings. The topological polar surface area (TPSA) is 99.6 Å². The van der Waals surface area contributed by atoms with Crippen LogP contribution in [0.2, 0.25) is 0 Å². The Balaban J connectivity index is 1.58. The average molecular weight is 458 g/mol. The lowest BCUT2D eigenvalue weighted by Gasteiger charge is -2.08. The summed E-state index contributed by atoms with van der Waals surface area (Å²) in [5.41, 5.74) is 10.9. The second-order valence-corrected chi connectivity index (χ2v) is 7.76. The smallest absolute Gasteiger partial charge is 0.228 e. The normalized spacial score (nSPS) is 10.7. The second-order valence-electron chi connectivity index (χ2n) is 7.76. The van der Waals surface area contributed by atoms with Crippen LogP contribution in [0.4, 0.5) is 0 Å². The summed E-state index contributed by atoms with van der Waals surface area (Å²) in [6.45, 7) is 0.907. The molecular formula is C27H27N3O4. The van der Waals surface area contributed by atoms with Crippen LogP contribution in [-0.2, 0) is 24.3 Å². The fraction of sp³-hybridized carbons (Fsp3) is 0.185. The molecular weight excluding hydrogens is 430 g/mol. The van der Waals surface area contributed by atoms with Gasteiger partial charge >= 0.3 is 0 Å². The molecule has 0 spiro atoms. The Morgan fingerprint density at radius 3 is 1.97 bits per heavy atom. The Kier molecular flexibility index (Phi) is 7.25. The van der Waals surface area contributed by atoms with Crippen LogP contribution in [-0.4, -0.2) is 25.3 Å². The minimum absolute atomic E-state index is 0.0609. The molecule has 0 atom stereocenters. The van der Waals surface area contributed by atoms with Crippen molar-refractivity contribution < 1.29 is 18.8 Å². The fourth-order valence-electron chi connectivity index (χ4n) is 3.65. The van der Waals surface area contributed by atoms with Gasteiger partial charge in [0.05, 0.1) is 26.2 Å². The van der Waals surface area contributed by atoms with Gasteiger partial charge in [0.15, 0.2) is 5.76 Å². The van der Waals surface area contributed by atoms with Gasteiger partial charge in [-0.1, -0.05) is 41.6 Å². The van der Waals surface area contributed by atoms with E-state index in [1.807, 2.05) is 72.8 Å². The van der Waals surface area contributed by atoms with Crippen molar-refractivity contribution in [3.63, 3.8) is 0 Å². The molecule has 0 fully saturated rings. The highest BCUT2D eigenvalue weighted by Gasteiger charge is 2.21. The highest BCUT2D eigenvalue weighted by atomic mass is 16.5. The summed E-state index contributed by atoms with van der Waals surface area (Å²) in [6.07, 6.45) is 0.0609. The molecule has 7 heteroatoms. The van der Waals surface area contributed by atoms with E-state index in [9.17, 15) is 4.79 Å². The standard InChI is InChI=1S/C27H27N3O4/c1-32-22-11-7-20(8-12-22)26-24(34-30-27(26)21-9-13-23(33-2)14-10-21)15-25(31)29-17-19-5-3-18(16-28)4-6-19/h3-14H,15-17,28H2,1-2H3,(H,29,31). The van der Waals surface area contributed by atoms with Crippen LogP contribution < -0.4 is 20.5 Å². The highest BCUT2D eigenvalue weighted by molar-refractivity contribution is 5.86. The maximum absolute atomic E-state index is 12.8. The summed E-state index contributed by atoms with van der Waals surface area (Å²) in [5.74, 6) is 1.82. The number of hydrogen-bond acceptors (Lipinski definition) is 6. The number of carbonyl (C=O) groups excluding carboxylic acids is 1. The Labute approximate surface area is 198 Å². The molecule has 1 aromatic heterocycles. The van der Waals surface area contributed by atoms with Crippen LogP contribution in [0.5, 0.6) is 11.5 Å². The minimum atomic E-state index is -0.157. The Morgan fingerprint density at radius 1 is 0.853 bits per heavy atom. The van der Waals surface area contributed by atoms with E-state index in [1.54, 1.807) is 14.2 Å². The number of benzene rings is 3. The zero-order valence-electron chi connectivity index (χ0n) is 19.2. The third-order valence-electron chi connectivity index (χ3n) is 5.57. The molecule has 0 aliphatic carbocycles. The van der Waals surface area contributed by atoms with Crippen LogP contribution in [0, 0.1) is 0 Å². The molecule has 0 radical (unpaired) electrons. The van der Waals surface area contributed by atoms with Gasteiger partial charge in [-0.3, -0.25) is 4.79 Å². The summed E-state index contributed by atoms with van der Waals surface area (Å²) in [6, 6.07) is 23.0. The van der Waals surface area contributed by atoms with Crippen molar-refractivity contribution in [3.8, 4) is 33.9 Å². The first-order valence-corrected chi connectivity index (χ1v) is 10.9.